The summed E-state index contributed by atoms with van der Waals surface area (Å²) in [5, 5.41) is 2.94. The van der Waals surface area contributed by atoms with Crippen molar-refractivity contribution in [3.63, 3.8) is 0 Å². The van der Waals surface area contributed by atoms with Gasteiger partial charge in [0.2, 0.25) is 5.91 Å². The van der Waals surface area contributed by atoms with Crippen LogP contribution < -0.4 is 5.32 Å². The molecule has 1 N–H and O–H groups in total. The molecule has 1 aliphatic heterocycles. The van der Waals surface area contributed by atoms with Gasteiger partial charge in [0.1, 0.15) is 11.6 Å². The molecule has 0 aliphatic carbocycles. The number of hydrogen-bond acceptors (Lipinski definition) is 2. The fraction of sp³-hybridized carbons (Fsp3) is 0.409. The molecular formula is C22H26F2N2O. The van der Waals surface area contributed by atoms with Crippen LogP contribution in [0.5, 0.6) is 0 Å². The van der Waals surface area contributed by atoms with Gasteiger partial charge in [0, 0.05) is 24.7 Å². The van der Waals surface area contributed by atoms with Crippen molar-refractivity contribution in [2.45, 2.75) is 38.8 Å². The summed E-state index contributed by atoms with van der Waals surface area (Å²) < 4.78 is 27.6. The van der Waals surface area contributed by atoms with E-state index in [1.165, 1.54) is 23.8 Å². The lowest BCUT2D eigenvalue weighted by Gasteiger charge is -2.32. The normalized spacial score (nSPS) is 18.9. The van der Waals surface area contributed by atoms with Crippen LogP contribution in [0.4, 0.5) is 8.78 Å². The number of carbonyl (C=O) groups is 1. The van der Waals surface area contributed by atoms with Gasteiger partial charge in [0.25, 0.3) is 0 Å². The Kier molecular flexibility index (Phi) is 6.56. The summed E-state index contributed by atoms with van der Waals surface area (Å²) in [6, 6.07) is 13.7. The zero-order valence-corrected chi connectivity index (χ0v) is 15.6. The summed E-state index contributed by atoms with van der Waals surface area (Å²) in [7, 11) is 0. The molecule has 144 valence electrons. The van der Waals surface area contributed by atoms with E-state index in [2.05, 4.69) is 22.3 Å². The van der Waals surface area contributed by atoms with Gasteiger partial charge >= 0.3 is 0 Å². The molecule has 2 atom stereocenters. The summed E-state index contributed by atoms with van der Waals surface area (Å²) in [5.74, 6) is -1.25. The fourth-order valence-corrected chi connectivity index (χ4v) is 3.70. The molecule has 1 saturated heterocycles. The molecule has 5 heteroatoms. The Morgan fingerprint density at radius 3 is 2.56 bits per heavy atom. The molecule has 1 aliphatic rings. The maximum atomic E-state index is 13.8. The molecule has 0 saturated carbocycles. The number of amides is 1. The topological polar surface area (TPSA) is 32.3 Å². The van der Waals surface area contributed by atoms with Gasteiger partial charge < -0.3 is 5.32 Å². The van der Waals surface area contributed by atoms with E-state index >= 15 is 0 Å². The molecule has 1 fully saturated rings. The largest absolute Gasteiger partial charge is 0.353 e. The predicted octanol–water partition coefficient (Wildman–Crippen LogP) is 3.92. The second-order valence-corrected chi connectivity index (χ2v) is 7.37. The Bertz CT molecular complexity index is 746. The molecule has 0 spiro atoms. The fourth-order valence-electron chi connectivity index (χ4n) is 3.70. The molecule has 2 unspecified atom stereocenters. The van der Waals surface area contributed by atoms with Crippen LogP contribution in [0, 0.1) is 17.6 Å². The average molecular weight is 372 g/mol. The van der Waals surface area contributed by atoms with E-state index in [-0.39, 0.29) is 29.9 Å². The molecule has 1 heterocycles. The Labute approximate surface area is 159 Å². The zero-order chi connectivity index (χ0) is 19.2. The van der Waals surface area contributed by atoms with Crippen molar-refractivity contribution in [2.24, 2.45) is 5.92 Å². The lowest BCUT2D eigenvalue weighted by molar-refractivity contribution is -0.127. The summed E-state index contributed by atoms with van der Waals surface area (Å²) in [6.07, 6.45) is 1.96. The SMILES string of the molecule is CC(Cc1c(F)cccc1F)NC(=O)C1CCCN(Cc2ccccc2)C1. The number of nitrogens with zero attached hydrogens (tertiary/aromatic N) is 1. The molecular weight excluding hydrogens is 346 g/mol. The number of piperidine rings is 1. The highest BCUT2D eigenvalue weighted by molar-refractivity contribution is 5.79. The van der Waals surface area contributed by atoms with E-state index in [9.17, 15) is 13.6 Å². The van der Waals surface area contributed by atoms with E-state index < -0.39 is 11.6 Å². The summed E-state index contributed by atoms with van der Waals surface area (Å²) in [6.45, 7) is 4.31. The number of hydrogen-bond donors (Lipinski definition) is 1. The quantitative estimate of drug-likeness (QED) is 0.833. The van der Waals surface area contributed by atoms with Gasteiger partial charge in [-0.05, 0) is 50.4 Å². The monoisotopic (exact) mass is 372 g/mol. The van der Waals surface area contributed by atoms with Gasteiger partial charge in [-0.3, -0.25) is 9.69 Å². The van der Waals surface area contributed by atoms with Crippen molar-refractivity contribution in [3.05, 3.63) is 71.3 Å². The molecule has 27 heavy (non-hydrogen) atoms. The van der Waals surface area contributed by atoms with Gasteiger partial charge in [-0.15, -0.1) is 0 Å². The van der Waals surface area contributed by atoms with Gasteiger partial charge in [0.15, 0.2) is 0 Å². The summed E-state index contributed by atoms with van der Waals surface area (Å²) >= 11 is 0. The average Bonchev–Trinajstić information content (AvgIpc) is 2.66. The highest BCUT2D eigenvalue weighted by Crippen LogP contribution is 2.20. The van der Waals surface area contributed by atoms with Crippen molar-refractivity contribution >= 4 is 5.91 Å². The van der Waals surface area contributed by atoms with E-state index in [0.29, 0.717) is 6.54 Å². The first-order chi connectivity index (χ1) is 13.0. The molecule has 2 aromatic rings. The van der Waals surface area contributed by atoms with Crippen molar-refractivity contribution in [2.75, 3.05) is 13.1 Å². The Balaban J connectivity index is 1.54. The maximum absolute atomic E-state index is 13.8. The van der Waals surface area contributed by atoms with Crippen molar-refractivity contribution < 1.29 is 13.6 Å². The van der Waals surface area contributed by atoms with Crippen LogP contribution in [0.25, 0.3) is 0 Å². The first-order valence-corrected chi connectivity index (χ1v) is 9.52. The van der Waals surface area contributed by atoms with E-state index in [1.807, 2.05) is 18.2 Å². The minimum Gasteiger partial charge on any atom is -0.353 e. The molecule has 2 aromatic carbocycles. The number of rotatable bonds is 6. The van der Waals surface area contributed by atoms with Gasteiger partial charge in [-0.25, -0.2) is 8.78 Å². The lowest BCUT2D eigenvalue weighted by atomic mass is 9.96. The molecule has 3 nitrogen and oxygen atoms in total. The molecule has 3 rings (SSSR count). The summed E-state index contributed by atoms with van der Waals surface area (Å²) in [4.78, 5) is 14.9. The van der Waals surface area contributed by atoms with Crippen LogP contribution in [0.15, 0.2) is 48.5 Å². The number of likely N-dealkylation sites (tertiary alicyclic amines) is 1. The van der Waals surface area contributed by atoms with Gasteiger partial charge in [-0.1, -0.05) is 36.4 Å². The Hall–Kier alpha value is -2.27. The van der Waals surface area contributed by atoms with Crippen LogP contribution in [0.1, 0.15) is 30.9 Å². The van der Waals surface area contributed by atoms with Crippen LogP contribution in [-0.4, -0.2) is 29.9 Å². The first-order valence-electron chi connectivity index (χ1n) is 9.52. The number of carbonyl (C=O) groups excluding carboxylic acids is 1. The van der Waals surface area contributed by atoms with E-state index in [0.717, 1.165) is 25.9 Å². The van der Waals surface area contributed by atoms with Gasteiger partial charge in [0.05, 0.1) is 5.92 Å². The van der Waals surface area contributed by atoms with Crippen LogP contribution in [0.2, 0.25) is 0 Å². The molecule has 0 bridgehead atoms. The highest BCUT2D eigenvalue weighted by atomic mass is 19.1. The van der Waals surface area contributed by atoms with Crippen LogP contribution in [0.3, 0.4) is 0 Å². The van der Waals surface area contributed by atoms with Gasteiger partial charge in [-0.2, -0.15) is 0 Å². The van der Waals surface area contributed by atoms with Crippen LogP contribution in [-0.2, 0) is 17.8 Å². The second-order valence-electron chi connectivity index (χ2n) is 7.37. The smallest absolute Gasteiger partial charge is 0.224 e. The minimum absolute atomic E-state index is 0.0275. The highest BCUT2D eigenvalue weighted by Gasteiger charge is 2.27. The van der Waals surface area contributed by atoms with Crippen molar-refractivity contribution in [1.82, 2.24) is 10.2 Å². The van der Waals surface area contributed by atoms with Crippen molar-refractivity contribution in [1.29, 1.82) is 0 Å². The number of halogens is 2. The van der Waals surface area contributed by atoms with Crippen LogP contribution >= 0.6 is 0 Å². The molecule has 1 amide bonds. The zero-order valence-electron chi connectivity index (χ0n) is 15.6. The Morgan fingerprint density at radius 2 is 1.85 bits per heavy atom. The first kappa shape index (κ1) is 19.5. The number of benzene rings is 2. The Morgan fingerprint density at radius 1 is 1.15 bits per heavy atom. The molecule has 0 radical (unpaired) electrons. The predicted molar refractivity (Wildman–Crippen MR) is 102 cm³/mol. The summed E-state index contributed by atoms with van der Waals surface area (Å²) in [5.41, 5.74) is 1.27. The lowest BCUT2D eigenvalue weighted by Crippen LogP contribution is -2.45. The van der Waals surface area contributed by atoms with Crippen molar-refractivity contribution in [3.8, 4) is 0 Å². The standard InChI is InChI=1S/C22H26F2N2O/c1-16(13-19-20(23)10-5-11-21(19)24)25-22(27)18-9-6-12-26(15-18)14-17-7-3-2-4-8-17/h2-5,7-8,10-11,16,18H,6,9,12-15H2,1H3,(H,25,27). The third-order valence-corrected chi connectivity index (χ3v) is 5.09. The van der Waals surface area contributed by atoms with E-state index in [1.54, 1.807) is 6.92 Å². The number of nitrogens with one attached hydrogen (secondary N) is 1. The third kappa shape index (κ3) is 5.36. The second kappa shape index (κ2) is 9.09. The van der Waals surface area contributed by atoms with E-state index in [4.69, 9.17) is 0 Å². The third-order valence-electron chi connectivity index (χ3n) is 5.09. The molecule has 0 aromatic heterocycles. The maximum Gasteiger partial charge on any atom is 0.224 e. The minimum atomic E-state index is -0.567.